The minimum Gasteiger partial charge on any atom is -0.464 e. The van der Waals surface area contributed by atoms with Crippen molar-refractivity contribution in [1.82, 2.24) is 4.98 Å². The number of ether oxygens (including phenoxy) is 1. The number of carbonyl (C=O) groups excluding carboxylic acids is 2. The van der Waals surface area contributed by atoms with Crippen LogP contribution in [-0.2, 0) is 9.53 Å². The number of anilines is 1. The topological polar surface area (TPSA) is 68.3 Å². The normalized spacial score (nSPS) is 10.4. The highest BCUT2D eigenvalue weighted by atomic mass is 35.5. The van der Waals surface area contributed by atoms with Crippen LogP contribution in [0.3, 0.4) is 0 Å². The van der Waals surface area contributed by atoms with Crippen molar-refractivity contribution in [2.24, 2.45) is 0 Å². The maximum Gasteiger partial charge on any atom is 0.358 e. The van der Waals surface area contributed by atoms with Crippen molar-refractivity contribution >= 4 is 52.4 Å². The van der Waals surface area contributed by atoms with Crippen molar-refractivity contribution in [1.29, 1.82) is 0 Å². The predicted molar refractivity (Wildman–Crippen MR) is 95.1 cm³/mol. The Labute approximate surface area is 153 Å². The first-order valence-electron chi connectivity index (χ1n) is 6.77. The minimum absolute atomic E-state index is 0.0115. The molecular weight excluding hydrogens is 375 g/mol. The van der Waals surface area contributed by atoms with Crippen LogP contribution in [0.15, 0.2) is 18.2 Å². The van der Waals surface area contributed by atoms with Crippen LogP contribution in [-0.4, -0.2) is 24.0 Å². The number of aromatic nitrogens is 1. The molecule has 5 nitrogen and oxygen atoms in total. The van der Waals surface area contributed by atoms with Gasteiger partial charge in [0, 0.05) is 17.5 Å². The van der Waals surface area contributed by atoms with E-state index in [0.29, 0.717) is 26.9 Å². The Balaban J connectivity index is 2.72. The second kappa shape index (κ2) is 7.38. The number of benzene rings is 1. The van der Waals surface area contributed by atoms with Gasteiger partial charge >= 0.3 is 5.97 Å². The Morgan fingerprint density at radius 1 is 1.17 bits per heavy atom. The van der Waals surface area contributed by atoms with E-state index in [2.05, 4.69) is 15.0 Å². The fraction of sp³-hybridized carbons (Fsp3) is 0.188. The summed E-state index contributed by atoms with van der Waals surface area (Å²) in [5.74, 6) is -1.07. The fourth-order valence-corrected chi connectivity index (χ4v) is 2.73. The number of carbonyl (C=O) groups is 2. The Morgan fingerprint density at radius 3 is 2.42 bits per heavy atom. The number of nitrogens with one attached hydrogen (secondary N) is 1. The number of hydrogen-bond acceptors (Lipinski definition) is 4. The van der Waals surface area contributed by atoms with Crippen LogP contribution in [0.4, 0.5) is 5.69 Å². The van der Waals surface area contributed by atoms with Gasteiger partial charge in [-0.1, -0.05) is 34.8 Å². The molecule has 1 amide bonds. The Hall–Kier alpha value is -1.82. The van der Waals surface area contributed by atoms with Gasteiger partial charge in [-0.2, -0.15) is 0 Å². The monoisotopic (exact) mass is 386 g/mol. The molecule has 8 heteroatoms. The summed E-state index contributed by atoms with van der Waals surface area (Å²) in [4.78, 5) is 27.5. The van der Waals surface area contributed by atoms with Gasteiger partial charge in [-0.15, -0.1) is 0 Å². The summed E-state index contributed by atoms with van der Waals surface area (Å²) in [7, 11) is 1.21. The summed E-state index contributed by atoms with van der Waals surface area (Å²) in [6.45, 7) is 3.09. The summed E-state index contributed by atoms with van der Waals surface area (Å²) in [5, 5.41) is 3.45. The molecule has 0 bridgehead atoms. The highest BCUT2D eigenvalue weighted by Gasteiger charge is 2.21. The SMILES string of the molecule is COC(=O)c1nc(-c2ccc(Cl)c(C)c2Cl)cc(NC(C)=O)c1Cl. The number of nitrogens with zero attached hydrogens (tertiary/aromatic N) is 1. The standard InChI is InChI=1S/C16H13Cl3N2O3/c1-7-10(17)5-4-9(13(7)18)11-6-12(20-8(2)22)14(19)15(21-11)16(23)24-3/h4-6H,1-3H3,(H,20,21,22). The van der Waals surface area contributed by atoms with E-state index in [1.54, 1.807) is 19.1 Å². The third kappa shape index (κ3) is 3.64. The highest BCUT2D eigenvalue weighted by Crippen LogP contribution is 2.36. The molecule has 0 radical (unpaired) electrons. The third-order valence-corrected chi connectivity index (χ3v) is 4.52. The van der Waals surface area contributed by atoms with E-state index in [0.717, 1.165) is 0 Å². The molecule has 0 fully saturated rings. The smallest absolute Gasteiger partial charge is 0.358 e. The van der Waals surface area contributed by atoms with Crippen LogP contribution >= 0.6 is 34.8 Å². The number of pyridine rings is 1. The van der Waals surface area contributed by atoms with Crippen LogP contribution < -0.4 is 5.32 Å². The number of hydrogen-bond donors (Lipinski definition) is 1. The molecule has 0 aliphatic heterocycles. The highest BCUT2D eigenvalue weighted by molar-refractivity contribution is 6.38. The van der Waals surface area contributed by atoms with Gasteiger partial charge in [0.25, 0.3) is 0 Å². The molecule has 1 heterocycles. The van der Waals surface area contributed by atoms with Crippen molar-refractivity contribution in [3.8, 4) is 11.3 Å². The average molecular weight is 388 g/mol. The van der Waals surface area contributed by atoms with Gasteiger partial charge in [0.15, 0.2) is 5.69 Å². The Morgan fingerprint density at radius 2 is 1.83 bits per heavy atom. The van der Waals surface area contributed by atoms with E-state index in [4.69, 9.17) is 34.8 Å². The lowest BCUT2D eigenvalue weighted by Gasteiger charge is -2.13. The third-order valence-electron chi connectivity index (χ3n) is 3.24. The molecule has 1 aromatic heterocycles. The lowest BCUT2D eigenvalue weighted by molar-refractivity contribution is -0.114. The van der Waals surface area contributed by atoms with Crippen molar-refractivity contribution in [2.45, 2.75) is 13.8 Å². The first-order valence-corrected chi connectivity index (χ1v) is 7.91. The first-order chi connectivity index (χ1) is 11.3. The van der Waals surface area contributed by atoms with Crippen molar-refractivity contribution < 1.29 is 14.3 Å². The zero-order valence-electron chi connectivity index (χ0n) is 13.0. The number of esters is 1. The van der Waals surface area contributed by atoms with Gasteiger partial charge in [-0.05, 0) is 30.7 Å². The van der Waals surface area contributed by atoms with Crippen LogP contribution in [0.2, 0.25) is 15.1 Å². The van der Waals surface area contributed by atoms with Crippen LogP contribution in [0.1, 0.15) is 23.0 Å². The lowest BCUT2D eigenvalue weighted by Crippen LogP contribution is -2.12. The van der Waals surface area contributed by atoms with E-state index in [1.807, 2.05) is 0 Å². The van der Waals surface area contributed by atoms with Crippen molar-refractivity contribution in [2.75, 3.05) is 12.4 Å². The summed E-state index contributed by atoms with van der Waals surface area (Å²) < 4.78 is 4.69. The predicted octanol–water partition coefficient (Wildman–Crippen LogP) is 4.76. The molecule has 24 heavy (non-hydrogen) atoms. The van der Waals surface area contributed by atoms with Crippen molar-refractivity contribution in [3.05, 3.63) is 44.5 Å². The van der Waals surface area contributed by atoms with Gasteiger partial charge in [0.2, 0.25) is 5.91 Å². The summed E-state index contributed by atoms with van der Waals surface area (Å²) in [6.07, 6.45) is 0. The molecular formula is C16H13Cl3N2O3. The molecule has 0 aliphatic rings. The second-order valence-corrected chi connectivity index (χ2v) is 6.09. The minimum atomic E-state index is -0.727. The van der Waals surface area contributed by atoms with E-state index >= 15 is 0 Å². The molecule has 2 rings (SSSR count). The van der Waals surface area contributed by atoms with Gasteiger partial charge in [-0.3, -0.25) is 4.79 Å². The Kier molecular flexibility index (Phi) is 5.70. The lowest BCUT2D eigenvalue weighted by atomic mass is 10.1. The zero-order valence-corrected chi connectivity index (χ0v) is 15.3. The zero-order chi connectivity index (χ0) is 18.0. The van der Waals surface area contributed by atoms with Crippen LogP contribution in [0, 0.1) is 6.92 Å². The maximum atomic E-state index is 11.9. The average Bonchev–Trinajstić information content (AvgIpc) is 2.53. The summed E-state index contributed by atoms with van der Waals surface area (Å²) in [5.41, 5.74) is 1.69. The molecule has 1 N–H and O–H groups in total. The number of halogens is 3. The molecule has 0 saturated heterocycles. The molecule has 0 spiro atoms. The molecule has 1 aromatic carbocycles. The van der Waals surface area contributed by atoms with E-state index in [-0.39, 0.29) is 22.3 Å². The van der Waals surface area contributed by atoms with Gasteiger partial charge in [0.05, 0.1) is 28.5 Å². The first kappa shape index (κ1) is 18.5. The summed E-state index contributed by atoms with van der Waals surface area (Å²) in [6, 6.07) is 4.88. The van der Waals surface area contributed by atoms with Gasteiger partial charge < -0.3 is 10.1 Å². The largest absolute Gasteiger partial charge is 0.464 e. The van der Waals surface area contributed by atoms with Crippen molar-refractivity contribution in [3.63, 3.8) is 0 Å². The quantitative estimate of drug-likeness (QED) is 0.771. The maximum absolute atomic E-state index is 11.9. The van der Waals surface area contributed by atoms with E-state index < -0.39 is 5.97 Å². The molecule has 2 aromatic rings. The second-order valence-electron chi connectivity index (χ2n) is 4.92. The molecule has 0 atom stereocenters. The van der Waals surface area contributed by atoms with E-state index in [9.17, 15) is 9.59 Å². The van der Waals surface area contributed by atoms with Crippen LogP contribution in [0.5, 0.6) is 0 Å². The Bertz CT molecular complexity index is 838. The van der Waals surface area contributed by atoms with Gasteiger partial charge in [0.1, 0.15) is 0 Å². The molecule has 0 aliphatic carbocycles. The number of amides is 1. The summed E-state index contributed by atoms with van der Waals surface area (Å²) >= 11 is 18.5. The molecule has 126 valence electrons. The number of methoxy groups -OCH3 is 1. The fourth-order valence-electron chi connectivity index (χ4n) is 2.04. The molecule has 0 unspecified atom stereocenters. The van der Waals surface area contributed by atoms with E-state index in [1.165, 1.54) is 20.1 Å². The molecule has 0 saturated carbocycles. The van der Waals surface area contributed by atoms with Crippen LogP contribution in [0.25, 0.3) is 11.3 Å². The number of rotatable bonds is 3. The van der Waals surface area contributed by atoms with Gasteiger partial charge in [-0.25, -0.2) is 9.78 Å².